The molecule has 1 nitrogen and oxygen atoms in total. The molecule has 0 saturated heterocycles. The van der Waals surface area contributed by atoms with Gasteiger partial charge in [0, 0.05) is 5.54 Å². The van der Waals surface area contributed by atoms with Crippen LogP contribution in [0, 0.1) is 12.7 Å². The average Bonchev–Trinajstić information content (AvgIpc) is 1.98. The van der Waals surface area contributed by atoms with Gasteiger partial charge in [-0.3, -0.25) is 0 Å². The second kappa shape index (κ2) is 3.28. The van der Waals surface area contributed by atoms with E-state index in [9.17, 15) is 4.39 Å². The van der Waals surface area contributed by atoms with Gasteiger partial charge < -0.3 is 5.73 Å². The van der Waals surface area contributed by atoms with E-state index in [1.165, 1.54) is 6.07 Å². The zero-order chi connectivity index (χ0) is 10.2. The Kier molecular flexibility index (Phi) is 2.64. The molecule has 0 unspecified atom stereocenters. The molecule has 0 saturated carbocycles. The van der Waals surface area contributed by atoms with Crippen LogP contribution in [-0.4, -0.2) is 0 Å². The average molecular weight is 202 g/mol. The summed E-state index contributed by atoms with van der Waals surface area (Å²) in [5.41, 5.74) is 6.65. The van der Waals surface area contributed by atoms with Crippen LogP contribution in [0.1, 0.15) is 25.0 Å². The number of hydrogen-bond acceptors (Lipinski definition) is 1. The van der Waals surface area contributed by atoms with E-state index in [0.29, 0.717) is 5.56 Å². The lowest BCUT2D eigenvalue weighted by Crippen LogP contribution is -2.29. The van der Waals surface area contributed by atoms with Crippen LogP contribution in [0.4, 0.5) is 4.39 Å². The van der Waals surface area contributed by atoms with Crippen LogP contribution in [0.15, 0.2) is 12.1 Å². The van der Waals surface area contributed by atoms with Gasteiger partial charge in [-0.1, -0.05) is 17.7 Å². The Hall–Kier alpha value is -0.600. The minimum atomic E-state index is -0.532. The number of hydrogen-bond donors (Lipinski definition) is 1. The summed E-state index contributed by atoms with van der Waals surface area (Å²) in [7, 11) is 0. The number of nitrogens with two attached hydrogens (primary N) is 1. The highest BCUT2D eigenvalue weighted by Crippen LogP contribution is 2.27. The first kappa shape index (κ1) is 10.5. The van der Waals surface area contributed by atoms with E-state index in [-0.39, 0.29) is 10.8 Å². The maximum Gasteiger partial charge on any atom is 0.145 e. The third-order valence-electron chi connectivity index (χ3n) is 2.03. The van der Waals surface area contributed by atoms with Crippen molar-refractivity contribution in [1.82, 2.24) is 0 Å². The van der Waals surface area contributed by atoms with Crippen LogP contribution in [-0.2, 0) is 5.54 Å². The van der Waals surface area contributed by atoms with Gasteiger partial charge in [0.1, 0.15) is 5.82 Å². The van der Waals surface area contributed by atoms with Gasteiger partial charge in [-0.2, -0.15) is 0 Å². The molecule has 0 heterocycles. The third kappa shape index (κ3) is 2.01. The topological polar surface area (TPSA) is 26.0 Å². The first-order chi connectivity index (χ1) is 5.84. The molecule has 0 aliphatic rings. The number of benzene rings is 1. The highest BCUT2D eigenvalue weighted by atomic mass is 35.5. The van der Waals surface area contributed by atoms with E-state index in [4.69, 9.17) is 17.3 Å². The Morgan fingerprint density at radius 3 is 2.38 bits per heavy atom. The van der Waals surface area contributed by atoms with E-state index < -0.39 is 5.54 Å². The fraction of sp³-hybridized carbons (Fsp3) is 0.400. The maximum atomic E-state index is 13.3. The molecule has 0 aliphatic carbocycles. The van der Waals surface area contributed by atoms with Gasteiger partial charge in [0.05, 0.1) is 5.02 Å². The van der Waals surface area contributed by atoms with Gasteiger partial charge in [-0.15, -0.1) is 0 Å². The van der Waals surface area contributed by atoms with Gasteiger partial charge >= 0.3 is 0 Å². The second-order valence-electron chi connectivity index (χ2n) is 3.76. The number of halogens is 2. The quantitative estimate of drug-likeness (QED) is 0.743. The lowest BCUT2D eigenvalue weighted by molar-refractivity contribution is 0.536. The zero-order valence-corrected chi connectivity index (χ0v) is 8.74. The van der Waals surface area contributed by atoms with Crippen molar-refractivity contribution >= 4 is 11.6 Å². The van der Waals surface area contributed by atoms with Gasteiger partial charge in [0.2, 0.25) is 0 Å². The molecule has 3 heteroatoms. The van der Waals surface area contributed by atoms with Crippen molar-refractivity contribution in [2.75, 3.05) is 0 Å². The van der Waals surface area contributed by atoms with Crippen molar-refractivity contribution in [3.8, 4) is 0 Å². The summed E-state index contributed by atoms with van der Waals surface area (Å²) < 4.78 is 13.3. The van der Waals surface area contributed by atoms with Crippen molar-refractivity contribution in [2.24, 2.45) is 5.73 Å². The molecule has 0 fully saturated rings. The van der Waals surface area contributed by atoms with Gasteiger partial charge in [0.15, 0.2) is 0 Å². The first-order valence-electron chi connectivity index (χ1n) is 4.08. The fourth-order valence-electron chi connectivity index (χ4n) is 1.35. The van der Waals surface area contributed by atoms with E-state index in [1.54, 1.807) is 13.0 Å². The Morgan fingerprint density at radius 2 is 1.92 bits per heavy atom. The lowest BCUT2D eigenvalue weighted by Gasteiger charge is -2.22. The molecule has 13 heavy (non-hydrogen) atoms. The SMILES string of the molecule is Cc1c(C(C)(C)N)ccc(Cl)c1F. The normalized spacial score (nSPS) is 11.8. The van der Waals surface area contributed by atoms with Crippen molar-refractivity contribution in [3.63, 3.8) is 0 Å². The highest BCUT2D eigenvalue weighted by Gasteiger charge is 2.19. The van der Waals surface area contributed by atoms with Crippen LogP contribution in [0.5, 0.6) is 0 Å². The van der Waals surface area contributed by atoms with E-state index >= 15 is 0 Å². The highest BCUT2D eigenvalue weighted by molar-refractivity contribution is 6.30. The molecule has 0 aromatic heterocycles. The van der Waals surface area contributed by atoms with Crippen molar-refractivity contribution in [3.05, 3.63) is 34.1 Å². The van der Waals surface area contributed by atoms with E-state index in [1.807, 2.05) is 13.8 Å². The van der Waals surface area contributed by atoms with Gasteiger partial charge in [0.25, 0.3) is 0 Å². The smallest absolute Gasteiger partial charge is 0.145 e. The van der Waals surface area contributed by atoms with Crippen molar-refractivity contribution < 1.29 is 4.39 Å². The summed E-state index contributed by atoms with van der Waals surface area (Å²) in [6.45, 7) is 5.36. The minimum absolute atomic E-state index is 0.144. The Balaban J connectivity index is 3.35. The summed E-state index contributed by atoms with van der Waals surface area (Å²) >= 11 is 5.62. The first-order valence-corrected chi connectivity index (χ1v) is 4.46. The molecular weight excluding hydrogens is 189 g/mol. The van der Waals surface area contributed by atoms with Crippen LogP contribution < -0.4 is 5.73 Å². The predicted molar refractivity (Wildman–Crippen MR) is 53.4 cm³/mol. The minimum Gasteiger partial charge on any atom is -0.322 e. The number of rotatable bonds is 1. The summed E-state index contributed by atoms with van der Waals surface area (Å²) in [4.78, 5) is 0. The van der Waals surface area contributed by atoms with E-state index in [2.05, 4.69) is 0 Å². The summed E-state index contributed by atoms with van der Waals surface area (Å²) in [6.07, 6.45) is 0. The van der Waals surface area contributed by atoms with Crippen LogP contribution in [0.25, 0.3) is 0 Å². The molecule has 0 bridgehead atoms. The molecule has 0 spiro atoms. The summed E-state index contributed by atoms with van der Waals surface area (Å²) in [5, 5.41) is 0.144. The molecule has 0 radical (unpaired) electrons. The molecule has 1 rings (SSSR count). The fourth-order valence-corrected chi connectivity index (χ4v) is 1.55. The monoisotopic (exact) mass is 201 g/mol. The maximum absolute atomic E-state index is 13.3. The standard InChI is InChI=1S/C10H13ClFN/c1-6-7(10(2,3)13)4-5-8(11)9(6)12/h4-5H,13H2,1-3H3. The third-order valence-corrected chi connectivity index (χ3v) is 2.33. The Bertz CT molecular complexity index is 328. The van der Waals surface area contributed by atoms with Gasteiger partial charge in [-0.25, -0.2) is 4.39 Å². The van der Waals surface area contributed by atoms with E-state index in [0.717, 1.165) is 5.56 Å². The molecule has 2 N–H and O–H groups in total. The molecule has 0 amide bonds. The molecule has 0 aliphatic heterocycles. The molecule has 0 atom stereocenters. The van der Waals surface area contributed by atoms with Crippen molar-refractivity contribution in [2.45, 2.75) is 26.3 Å². The van der Waals surface area contributed by atoms with Crippen molar-refractivity contribution in [1.29, 1.82) is 0 Å². The van der Waals surface area contributed by atoms with Crippen LogP contribution in [0.2, 0.25) is 5.02 Å². The summed E-state index contributed by atoms with van der Waals surface area (Å²) in [6, 6.07) is 3.30. The molecule has 72 valence electrons. The van der Waals surface area contributed by atoms with Crippen LogP contribution in [0.3, 0.4) is 0 Å². The van der Waals surface area contributed by atoms with Gasteiger partial charge in [-0.05, 0) is 38.0 Å². The molecular formula is C10H13ClFN. The molecule has 1 aromatic rings. The summed E-state index contributed by atoms with van der Waals surface area (Å²) in [5.74, 6) is -0.377. The second-order valence-corrected chi connectivity index (χ2v) is 4.16. The van der Waals surface area contributed by atoms with Crippen LogP contribution >= 0.6 is 11.6 Å². The molecule has 1 aromatic carbocycles. The zero-order valence-electron chi connectivity index (χ0n) is 7.99. The predicted octanol–water partition coefficient (Wildman–Crippen LogP) is 2.98. The Morgan fingerprint density at radius 1 is 1.38 bits per heavy atom. The lowest BCUT2D eigenvalue weighted by atomic mass is 9.91. The largest absolute Gasteiger partial charge is 0.322 e. The Labute approximate surface area is 82.7 Å².